The van der Waals surface area contributed by atoms with Crippen LogP contribution in [0.15, 0.2) is 0 Å². The fourth-order valence-electron chi connectivity index (χ4n) is 2.15. The molecule has 1 heterocycles. The second-order valence-corrected chi connectivity index (χ2v) is 5.85. The number of nitrogen functional groups attached to an aromatic ring is 1. The lowest BCUT2D eigenvalue weighted by molar-refractivity contribution is 0.100. The third-order valence-corrected chi connectivity index (χ3v) is 4.48. The summed E-state index contributed by atoms with van der Waals surface area (Å²) in [6.07, 6.45) is 1.10. The van der Waals surface area contributed by atoms with Crippen LogP contribution < -0.4 is 16.8 Å². The van der Waals surface area contributed by atoms with Crippen molar-refractivity contribution in [1.29, 1.82) is 0 Å². The van der Waals surface area contributed by atoms with Crippen LogP contribution in [-0.4, -0.2) is 42.8 Å². The number of nitrogens with two attached hydrogens (primary N) is 2. The third-order valence-electron chi connectivity index (χ3n) is 3.21. The van der Waals surface area contributed by atoms with E-state index in [2.05, 4.69) is 24.1 Å². The van der Waals surface area contributed by atoms with Gasteiger partial charge in [-0.25, -0.2) is 0 Å². The molecule has 1 amide bonds. The number of anilines is 2. The van der Waals surface area contributed by atoms with E-state index in [-0.39, 0.29) is 17.0 Å². The smallest absolute Gasteiger partial charge is 0.253 e. The van der Waals surface area contributed by atoms with Gasteiger partial charge < -0.3 is 21.7 Å². The standard InChI is InChI=1S/C14H24N4O2S/c1-4-7-18(5-2)8-6-17-14-10(13(16)20)11(15)12(21-14)9(3)19/h17H,4-8,15H2,1-3H3,(H2,16,20). The summed E-state index contributed by atoms with van der Waals surface area (Å²) in [6, 6.07) is 0. The normalized spacial score (nSPS) is 10.9. The molecule has 0 radical (unpaired) electrons. The van der Waals surface area contributed by atoms with Crippen molar-refractivity contribution in [2.45, 2.75) is 27.2 Å². The molecule has 1 aromatic heterocycles. The molecule has 0 spiro atoms. The summed E-state index contributed by atoms with van der Waals surface area (Å²) in [4.78, 5) is 25.7. The van der Waals surface area contributed by atoms with E-state index >= 15 is 0 Å². The number of hydrogen-bond donors (Lipinski definition) is 3. The van der Waals surface area contributed by atoms with Crippen molar-refractivity contribution in [3.63, 3.8) is 0 Å². The second kappa shape index (κ2) is 7.99. The fraction of sp³-hybridized carbons (Fsp3) is 0.571. The Labute approximate surface area is 129 Å². The summed E-state index contributed by atoms with van der Waals surface area (Å²) in [5.41, 5.74) is 11.6. The first kappa shape index (κ1) is 17.5. The van der Waals surface area contributed by atoms with E-state index < -0.39 is 5.91 Å². The zero-order chi connectivity index (χ0) is 16.0. The average Bonchev–Trinajstić information content (AvgIpc) is 2.74. The lowest BCUT2D eigenvalue weighted by Gasteiger charge is -2.19. The number of amides is 1. The zero-order valence-electron chi connectivity index (χ0n) is 12.9. The van der Waals surface area contributed by atoms with Crippen LogP contribution in [0.5, 0.6) is 0 Å². The van der Waals surface area contributed by atoms with Gasteiger partial charge in [0.25, 0.3) is 5.91 Å². The molecule has 0 aromatic carbocycles. The number of thiophene rings is 1. The van der Waals surface area contributed by atoms with Gasteiger partial charge in [-0.15, -0.1) is 11.3 Å². The zero-order valence-corrected chi connectivity index (χ0v) is 13.7. The molecule has 1 rings (SSSR count). The maximum Gasteiger partial charge on any atom is 0.253 e. The van der Waals surface area contributed by atoms with Gasteiger partial charge in [0.15, 0.2) is 5.78 Å². The molecule has 21 heavy (non-hydrogen) atoms. The second-order valence-electron chi connectivity index (χ2n) is 4.83. The number of ketones is 1. The molecule has 7 heteroatoms. The number of rotatable bonds is 9. The van der Waals surface area contributed by atoms with Crippen molar-refractivity contribution in [1.82, 2.24) is 4.90 Å². The van der Waals surface area contributed by atoms with Gasteiger partial charge in [-0.3, -0.25) is 9.59 Å². The van der Waals surface area contributed by atoms with E-state index in [4.69, 9.17) is 11.5 Å². The van der Waals surface area contributed by atoms with Crippen LogP contribution in [-0.2, 0) is 0 Å². The largest absolute Gasteiger partial charge is 0.397 e. The number of hydrogen-bond acceptors (Lipinski definition) is 6. The quantitative estimate of drug-likeness (QED) is 0.603. The highest BCUT2D eigenvalue weighted by Gasteiger charge is 2.22. The SMILES string of the molecule is CCCN(CC)CCNc1sc(C(C)=O)c(N)c1C(N)=O. The molecule has 0 atom stereocenters. The topological polar surface area (TPSA) is 101 Å². The average molecular weight is 312 g/mol. The summed E-state index contributed by atoms with van der Waals surface area (Å²) in [7, 11) is 0. The Hall–Kier alpha value is -1.60. The van der Waals surface area contributed by atoms with Gasteiger partial charge in [0.2, 0.25) is 0 Å². The Morgan fingerprint density at radius 1 is 1.29 bits per heavy atom. The summed E-state index contributed by atoms with van der Waals surface area (Å²) in [5.74, 6) is -0.770. The number of nitrogens with zero attached hydrogens (tertiary/aromatic N) is 1. The predicted molar refractivity (Wildman–Crippen MR) is 88.1 cm³/mol. The molecular formula is C14H24N4O2S. The van der Waals surface area contributed by atoms with Crippen LogP contribution in [0, 0.1) is 0 Å². The van der Waals surface area contributed by atoms with Crippen molar-refractivity contribution in [2.75, 3.05) is 37.2 Å². The molecule has 0 saturated carbocycles. The molecule has 0 fully saturated rings. The summed E-state index contributed by atoms with van der Waals surface area (Å²) in [6.45, 7) is 9.22. The summed E-state index contributed by atoms with van der Waals surface area (Å²) in [5, 5.41) is 3.76. The van der Waals surface area contributed by atoms with Gasteiger partial charge in [0.05, 0.1) is 16.1 Å². The molecular weight excluding hydrogens is 288 g/mol. The Balaban J connectivity index is 2.81. The minimum Gasteiger partial charge on any atom is -0.397 e. The monoisotopic (exact) mass is 312 g/mol. The number of carbonyl (C=O) groups is 2. The highest BCUT2D eigenvalue weighted by molar-refractivity contribution is 7.19. The molecule has 5 N–H and O–H groups in total. The van der Waals surface area contributed by atoms with E-state index in [1.165, 1.54) is 18.3 Å². The van der Waals surface area contributed by atoms with Crippen LogP contribution >= 0.6 is 11.3 Å². The van der Waals surface area contributed by atoms with Crippen LogP contribution in [0.2, 0.25) is 0 Å². The molecule has 0 bridgehead atoms. The Morgan fingerprint density at radius 3 is 2.43 bits per heavy atom. The van der Waals surface area contributed by atoms with Crippen molar-refractivity contribution in [3.8, 4) is 0 Å². The Bertz CT molecular complexity index is 513. The molecule has 6 nitrogen and oxygen atoms in total. The molecule has 1 aromatic rings. The van der Waals surface area contributed by atoms with E-state index in [1.54, 1.807) is 0 Å². The number of likely N-dealkylation sites (N-methyl/N-ethyl adjacent to an activating group) is 1. The fourth-order valence-corrected chi connectivity index (χ4v) is 3.19. The van der Waals surface area contributed by atoms with Gasteiger partial charge in [-0.05, 0) is 19.5 Å². The lowest BCUT2D eigenvalue weighted by atomic mass is 10.2. The van der Waals surface area contributed by atoms with Crippen molar-refractivity contribution < 1.29 is 9.59 Å². The molecule has 0 aliphatic carbocycles. The third kappa shape index (κ3) is 4.44. The molecule has 0 saturated heterocycles. The number of primary amides is 1. The molecule has 0 unspecified atom stereocenters. The number of carbonyl (C=O) groups excluding carboxylic acids is 2. The van der Waals surface area contributed by atoms with Crippen molar-refractivity contribution >= 4 is 33.7 Å². The predicted octanol–water partition coefficient (Wildman–Crippen LogP) is 1.78. The number of Topliss-reactive ketones (excluding diaryl/α,β-unsaturated/α-hetero) is 1. The summed E-state index contributed by atoms with van der Waals surface area (Å²) >= 11 is 1.19. The van der Waals surface area contributed by atoms with Crippen LogP contribution in [0.4, 0.5) is 10.7 Å². The van der Waals surface area contributed by atoms with E-state index in [0.717, 1.165) is 26.1 Å². The minimum atomic E-state index is -0.611. The highest BCUT2D eigenvalue weighted by Crippen LogP contribution is 2.35. The van der Waals surface area contributed by atoms with Gasteiger partial charge in [-0.2, -0.15) is 0 Å². The highest BCUT2D eigenvalue weighted by atomic mass is 32.1. The molecule has 118 valence electrons. The van der Waals surface area contributed by atoms with E-state index in [1.807, 2.05) is 0 Å². The van der Waals surface area contributed by atoms with Gasteiger partial charge in [0, 0.05) is 20.0 Å². The van der Waals surface area contributed by atoms with Crippen molar-refractivity contribution in [3.05, 3.63) is 10.4 Å². The minimum absolute atomic E-state index is 0.158. The van der Waals surface area contributed by atoms with Crippen molar-refractivity contribution in [2.24, 2.45) is 5.73 Å². The van der Waals surface area contributed by atoms with Gasteiger partial charge in [-0.1, -0.05) is 13.8 Å². The van der Waals surface area contributed by atoms with E-state index in [0.29, 0.717) is 16.4 Å². The van der Waals surface area contributed by atoms with Crippen LogP contribution in [0.25, 0.3) is 0 Å². The van der Waals surface area contributed by atoms with Crippen LogP contribution in [0.1, 0.15) is 47.2 Å². The first-order valence-electron chi connectivity index (χ1n) is 7.11. The van der Waals surface area contributed by atoms with E-state index in [9.17, 15) is 9.59 Å². The van der Waals surface area contributed by atoms with Gasteiger partial charge >= 0.3 is 0 Å². The summed E-state index contributed by atoms with van der Waals surface area (Å²) < 4.78 is 0. The first-order valence-corrected chi connectivity index (χ1v) is 7.93. The van der Waals surface area contributed by atoms with Gasteiger partial charge in [0.1, 0.15) is 5.00 Å². The maximum atomic E-state index is 11.5. The Morgan fingerprint density at radius 2 is 1.95 bits per heavy atom. The molecule has 0 aliphatic heterocycles. The van der Waals surface area contributed by atoms with Crippen LogP contribution in [0.3, 0.4) is 0 Å². The Kier molecular flexibility index (Phi) is 6.64. The molecule has 0 aliphatic rings. The number of nitrogens with one attached hydrogen (secondary N) is 1. The lowest BCUT2D eigenvalue weighted by Crippen LogP contribution is -2.29. The maximum absolute atomic E-state index is 11.5. The first-order chi connectivity index (χ1) is 9.92.